The summed E-state index contributed by atoms with van der Waals surface area (Å²) in [4.78, 5) is 19.1. The largest absolute Gasteiger partial charge is 0.493 e. The van der Waals surface area contributed by atoms with Crippen LogP contribution in [0.4, 0.5) is 0 Å². The fourth-order valence-corrected chi connectivity index (χ4v) is 3.48. The molecule has 22 heavy (non-hydrogen) atoms. The minimum atomic E-state index is -0.0494. The highest BCUT2D eigenvalue weighted by Crippen LogP contribution is 2.16. The van der Waals surface area contributed by atoms with Gasteiger partial charge in [0.15, 0.2) is 0 Å². The molecule has 4 nitrogen and oxygen atoms in total. The predicted molar refractivity (Wildman–Crippen MR) is 93.1 cm³/mol. The molecule has 6 heteroatoms. The van der Waals surface area contributed by atoms with Crippen molar-refractivity contribution in [1.82, 2.24) is 9.97 Å². The smallest absolute Gasteiger partial charge is 0.268 e. The first-order valence-corrected chi connectivity index (χ1v) is 8.99. The maximum Gasteiger partial charge on any atom is 0.268 e. The highest BCUT2D eigenvalue weighted by molar-refractivity contribution is 7.98. The third-order valence-corrected chi connectivity index (χ3v) is 4.92. The number of hydrogen-bond donors (Lipinski definition) is 1. The number of aromatic nitrogens is 2. The number of rotatable bonds is 6. The van der Waals surface area contributed by atoms with Gasteiger partial charge in [0.25, 0.3) is 5.56 Å². The Morgan fingerprint density at radius 2 is 2.27 bits per heavy atom. The molecular formula is C16H16N2O2S2. The molecule has 0 atom stereocenters. The summed E-state index contributed by atoms with van der Waals surface area (Å²) in [5, 5.41) is 1.89. The molecule has 1 N–H and O–H groups in total. The van der Waals surface area contributed by atoms with Gasteiger partial charge in [-0.15, -0.1) is 11.3 Å². The Morgan fingerprint density at radius 1 is 1.36 bits per heavy atom. The minimum absolute atomic E-state index is 0.0494. The fourth-order valence-electron chi connectivity index (χ4n) is 2.08. The van der Waals surface area contributed by atoms with E-state index in [2.05, 4.69) is 9.97 Å². The van der Waals surface area contributed by atoms with Gasteiger partial charge in [0.2, 0.25) is 0 Å². The van der Waals surface area contributed by atoms with Gasteiger partial charge in [-0.05, 0) is 36.1 Å². The number of H-pyrrole nitrogens is 1. The fraction of sp³-hybridized carbons (Fsp3) is 0.250. The molecule has 2 heterocycles. The van der Waals surface area contributed by atoms with Crippen molar-refractivity contribution in [2.75, 3.05) is 12.4 Å². The molecule has 0 unspecified atom stereocenters. The van der Waals surface area contributed by atoms with Crippen LogP contribution in [-0.2, 0) is 5.75 Å². The summed E-state index contributed by atoms with van der Waals surface area (Å²) in [7, 11) is 0. The van der Waals surface area contributed by atoms with E-state index in [9.17, 15) is 4.79 Å². The van der Waals surface area contributed by atoms with Crippen LogP contribution in [0.3, 0.4) is 0 Å². The third kappa shape index (κ3) is 3.69. The van der Waals surface area contributed by atoms with E-state index < -0.39 is 0 Å². The van der Waals surface area contributed by atoms with Crippen LogP contribution >= 0.6 is 23.1 Å². The van der Waals surface area contributed by atoms with Crippen molar-refractivity contribution in [3.8, 4) is 5.75 Å². The topological polar surface area (TPSA) is 55.0 Å². The zero-order valence-corrected chi connectivity index (χ0v) is 13.8. The third-order valence-electron chi connectivity index (χ3n) is 3.09. The number of aryl methyl sites for hydroxylation is 1. The van der Waals surface area contributed by atoms with Crippen molar-refractivity contribution in [3.63, 3.8) is 0 Å². The van der Waals surface area contributed by atoms with E-state index in [1.54, 1.807) is 11.8 Å². The van der Waals surface area contributed by atoms with Crippen LogP contribution in [0.5, 0.6) is 5.75 Å². The first kappa shape index (κ1) is 15.1. The average Bonchev–Trinajstić information content (AvgIpc) is 2.96. The number of nitrogens with one attached hydrogen (secondary N) is 1. The average molecular weight is 332 g/mol. The Balaban J connectivity index is 1.49. The van der Waals surface area contributed by atoms with Crippen LogP contribution < -0.4 is 10.3 Å². The molecule has 0 saturated carbocycles. The molecule has 3 rings (SSSR count). The molecule has 0 aliphatic rings. The van der Waals surface area contributed by atoms with Crippen molar-refractivity contribution in [2.45, 2.75) is 12.7 Å². The van der Waals surface area contributed by atoms with Gasteiger partial charge in [0.05, 0.1) is 17.9 Å². The molecule has 1 aromatic carbocycles. The van der Waals surface area contributed by atoms with E-state index in [1.807, 2.05) is 42.6 Å². The van der Waals surface area contributed by atoms with Crippen LogP contribution in [-0.4, -0.2) is 22.3 Å². The molecule has 0 amide bonds. The van der Waals surface area contributed by atoms with Crippen LogP contribution in [0.1, 0.15) is 11.4 Å². The molecule has 0 aliphatic heterocycles. The van der Waals surface area contributed by atoms with Gasteiger partial charge < -0.3 is 9.72 Å². The number of hydrogen-bond acceptors (Lipinski definition) is 5. The summed E-state index contributed by atoms with van der Waals surface area (Å²) in [6.07, 6.45) is 0. The standard InChI is InChI=1S/C16H16N2O2S2/c1-11-3-2-4-12(9-11)20-6-8-21-10-14-17-13-5-7-22-15(13)16(19)18-14/h2-5,7,9H,6,8,10H2,1H3,(H,17,18,19). The Hall–Kier alpha value is -1.79. The summed E-state index contributed by atoms with van der Waals surface area (Å²) < 4.78 is 6.39. The van der Waals surface area contributed by atoms with E-state index in [1.165, 1.54) is 16.9 Å². The zero-order chi connectivity index (χ0) is 15.4. The molecule has 0 saturated heterocycles. The van der Waals surface area contributed by atoms with Crippen molar-refractivity contribution >= 4 is 33.3 Å². The van der Waals surface area contributed by atoms with Crippen molar-refractivity contribution in [3.05, 3.63) is 57.5 Å². The van der Waals surface area contributed by atoms with E-state index in [0.717, 1.165) is 22.8 Å². The monoisotopic (exact) mass is 332 g/mol. The zero-order valence-electron chi connectivity index (χ0n) is 12.2. The first-order valence-electron chi connectivity index (χ1n) is 6.96. The molecule has 0 aliphatic carbocycles. The Bertz CT molecular complexity index is 826. The number of thioether (sulfide) groups is 1. The van der Waals surface area contributed by atoms with Gasteiger partial charge in [0.1, 0.15) is 16.3 Å². The molecule has 2 aromatic heterocycles. The van der Waals surface area contributed by atoms with Crippen LogP contribution in [0, 0.1) is 6.92 Å². The lowest BCUT2D eigenvalue weighted by Crippen LogP contribution is -2.10. The normalized spacial score (nSPS) is 11.0. The van der Waals surface area contributed by atoms with Crippen LogP contribution in [0.2, 0.25) is 0 Å². The number of thiophene rings is 1. The summed E-state index contributed by atoms with van der Waals surface area (Å²) in [6, 6.07) is 9.90. The van der Waals surface area contributed by atoms with Gasteiger partial charge in [0, 0.05) is 5.75 Å². The van der Waals surface area contributed by atoms with Gasteiger partial charge in [-0.25, -0.2) is 4.98 Å². The molecular weight excluding hydrogens is 316 g/mol. The SMILES string of the molecule is Cc1cccc(OCCSCc2nc3ccsc3c(=O)[nH]2)c1. The van der Waals surface area contributed by atoms with E-state index >= 15 is 0 Å². The van der Waals surface area contributed by atoms with Crippen LogP contribution in [0.15, 0.2) is 40.5 Å². The van der Waals surface area contributed by atoms with E-state index in [0.29, 0.717) is 17.1 Å². The highest BCUT2D eigenvalue weighted by Gasteiger charge is 2.05. The van der Waals surface area contributed by atoms with E-state index in [4.69, 9.17) is 4.74 Å². The summed E-state index contributed by atoms with van der Waals surface area (Å²) in [5.41, 5.74) is 1.92. The summed E-state index contributed by atoms with van der Waals surface area (Å²) >= 11 is 3.12. The maximum atomic E-state index is 11.8. The molecule has 0 spiro atoms. The number of fused-ring (bicyclic) bond motifs is 1. The second-order valence-corrected chi connectivity index (χ2v) is 6.89. The molecule has 0 bridgehead atoms. The Morgan fingerprint density at radius 3 is 3.14 bits per heavy atom. The second kappa shape index (κ2) is 6.98. The Kier molecular flexibility index (Phi) is 4.80. The number of nitrogens with zero attached hydrogens (tertiary/aromatic N) is 1. The first-order chi connectivity index (χ1) is 10.7. The summed E-state index contributed by atoms with van der Waals surface area (Å²) in [5.74, 6) is 3.14. The van der Waals surface area contributed by atoms with Crippen molar-refractivity contribution in [1.29, 1.82) is 0 Å². The highest BCUT2D eigenvalue weighted by atomic mass is 32.2. The van der Waals surface area contributed by atoms with Gasteiger partial charge in [-0.2, -0.15) is 11.8 Å². The van der Waals surface area contributed by atoms with Crippen molar-refractivity contribution in [2.24, 2.45) is 0 Å². The lowest BCUT2D eigenvalue weighted by Gasteiger charge is -2.06. The second-order valence-electron chi connectivity index (χ2n) is 4.87. The molecule has 114 valence electrons. The number of aromatic amines is 1. The lowest BCUT2D eigenvalue weighted by molar-refractivity contribution is 0.343. The minimum Gasteiger partial charge on any atom is -0.493 e. The van der Waals surface area contributed by atoms with E-state index in [-0.39, 0.29) is 5.56 Å². The van der Waals surface area contributed by atoms with Crippen LogP contribution in [0.25, 0.3) is 10.2 Å². The van der Waals surface area contributed by atoms with Crippen molar-refractivity contribution < 1.29 is 4.74 Å². The van der Waals surface area contributed by atoms with Gasteiger partial charge in [-0.3, -0.25) is 4.79 Å². The molecule has 0 radical (unpaired) electrons. The molecule has 0 fully saturated rings. The Labute approximate surface area is 136 Å². The number of benzene rings is 1. The molecule has 3 aromatic rings. The van der Waals surface area contributed by atoms with Gasteiger partial charge >= 0.3 is 0 Å². The van der Waals surface area contributed by atoms with Gasteiger partial charge in [-0.1, -0.05) is 12.1 Å². The quantitative estimate of drug-likeness (QED) is 0.701. The summed E-state index contributed by atoms with van der Waals surface area (Å²) in [6.45, 7) is 2.68. The predicted octanol–water partition coefficient (Wildman–Crippen LogP) is 3.61. The maximum absolute atomic E-state index is 11.8. The lowest BCUT2D eigenvalue weighted by atomic mass is 10.2. The number of ether oxygens (including phenoxy) is 1.